The minimum absolute atomic E-state index is 0.273. The average molecular weight is 205 g/mol. The summed E-state index contributed by atoms with van der Waals surface area (Å²) in [6.45, 7) is 1.91. The maximum atomic E-state index is 12.8. The van der Waals surface area contributed by atoms with Crippen LogP contribution in [0.1, 0.15) is 30.1 Å². The topological polar surface area (TPSA) is 40.9 Å². The molecule has 0 saturated carbocycles. The molecule has 0 amide bonds. The normalized spacial score (nSPS) is 11.8. The van der Waals surface area contributed by atoms with Crippen LogP contribution in [0.5, 0.6) is 0 Å². The molecule has 0 saturated heterocycles. The number of carbonyl (C=O) groups is 1. The Bertz CT molecular complexity index is 395. The van der Waals surface area contributed by atoms with E-state index in [-0.39, 0.29) is 11.3 Å². The van der Waals surface area contributed by atoms with Crippen LogP contribution in [0.3, 0.4) is 0 Å². The quantitative estimate of drug-likeness (QED) is 0.709. The standard InChI is InChI=1S/C12H12FNO/c1-2-4-10(8-14)12(15)9-5-3-6-11(13)7-9/h3,5-7,10H,2,4H2,1H3. The van der Waals surface area contributed by atoms with E-state index in [0.717, 1.165) is 6.42 Å². The van der Waals surface area contributed by atoms with Crippen molar-refractivity contribution in [1.29, 1.82) is 5.26 Å². The van der Waals surface area contributed by atoms with Gasteiger partial charge in [0, 0.05) is 5.56 Å². The predicted octanol–water partition coefficient (Wildman–Crippen LogP) is 2.95. The van der Waals surface area contributed by atoms with Crippen LogP contribution in [0, 0.1) is 23.1 Å². The molecule has 0 heterocycles. The first kappa shape index (κ1) is 11.4. The summed E-state index contributed by atoms with van der Waals surface area (Å²) < 4.78 is 12.8. The monoisotopic (exact) mass is 205 g/mol. The number of hydrogen-bond donors (Lipinski definition) is 0. The first-order valence-electron chi connectivity index (χ1n) is 4.88. The summed E-state index contributed by atoms with van der Waals surface area (Å²) in [5.41, 5.74) is 0.273. The summed E-state index contributed by atoms with van der Waals surface area (Å²) in [6, 6.07) is 7.40. The van der Waals surface area contributed by atoms with Gasteiger partial charge in [-0.05, 0) is 18.6 Å². The number of benzene rings is 1. The van der Waals surface area contributed by atoms with Crippen LogP contribution in [0.2, 0.25) is 0 Å². The van der Waals surface area contributed by atoms with Gasteiger partial charge >= 0.3 is 0 Å². The number of Topliss-reactive ketones (excluding diaryl/α,β-unsaturated/α-hetero) is 1. The molecule has 15 heavy (non-hydrogen) atoms. The molecule has 0 radical (unpaired) electrons. The minimum Gasteiger partial charge on any atom is -0.293 e. The largest absolute Gasteiger partial charge is 0.293 e. The van der Waals surface area contributed by atoms with Gasteiger partial charge in [0.1, 0.15) is 11.7 Å². The van der Waals surface area contributed by atoms with Crippen molar-refractivity contribution in [2.45, 2.75) is 19.8 Å². The summed E-state index contributed by atoms with van der Waals surface area (Å²) in [5, 5.41) is 8.79. The van der Waals surface area contributed by atoms with Gasteiger partial charge in [-0.3, -0.25) is 4.79 Å². The van der Waals surface area contributed by atoms with Crippen LogP contribution in [0.4, 0.5) is 4.39 Å². The van der Waals surface area contributed by atoms with Crippen molar-refractivity contribution in [3.8, 4) is 6.07 Å². The van der Waals surface area contributed by atoms with Crippen molar-refractivity contribution in [2.75, 3.05) is 0 Å². The Kier molecular flexibility index (Phi) is 3.99. The van der Waals surface area contributed by atoms with Crippen molar-refractivity contribution in [2.24, 2.45) is 5.92 Å². The second-order valence-corrected chi connectivity index (χ2v) is 3.34. The van der Waals surface area contributed by atoms with E-state index >= 15 is 0 Å². The molecule has 1 aromatic carbocycles. The highest BCUT2D eigenvalue weighted by atomic mass is 19.1. The average Bonchev–Trinajstić information content (AvgIpc) is 2.25. The minimum atomic E-state index is -0.656. The molecule has 78 valence electrons. The highest BCUT2D eigenvalue weighted by molar-refractivity contribution is 5.99. The van der Waals surface area contributed by atoms with Crippen LogP contribution in [0.15, 0.2) is 24.3 Å². The first-order chi connectivity index (χ1) is 7.19. The zero-order chi connectivity index (χ0) is 11.3. The second-order valence-electron chi connectivity index (χ2n) is 3.34. The molecule has 0 spiro atoms. The second kappa shape index (κ2) is 5.26. The molecule has 0 N–H and O–H groups in total. The Labute approximate surface area is 88.3 Å². The Hall–Kier alpha value is -1.69. The lowest BCUT2D eigenvalue weighted by molar-refractivity contribution is 0.0943. The molecule has 0 aliphatic carbocycles. The molecule has 0 bridgehead atoms. The maximum absolute atomic E-state index is 12.8. The first-order valence-corrected chi connectivity index (χ1v) is 4.88. The lowest BCUT2D eigenvalue weighted by Gasteiger charge is -2.06. The third-order valence-corrected chi connectivity index (χ3v) is 2.16. The molecule has 0 aliphatic rings. The van der Waals surface area contributed by atoms with Gasteiger partial charge in [0.2, 0.25) is 0 Å². The smallest absolute Gasteiger partial charge is 0.180 e. The van der Waals surface area contributed by atoms with Gasteiger partial charge in [0.05, 0.1) is 6.07 Å². The van der Waals surface area contributed by atoms with Gasteiger partial charge in [0.25, 0.3) is 0 Å². The van der Waals surface area contributed by atoms with Crippen molar-refractivity contribution in [3.63, 3.8) is 0 Å². The molecule has 1 aromatic rings. The third kappa shape index (κ3) is 2.88. The summed E-state index contributed by atoms with van der Waals surface area (Å²) in [4.78, 5) is 11.7. The molecule has 1 unspecified atom stereocenters. The van der Waals surface area contributed by atoms with E-state index in [9.17, 15) is 9.18 Å². The number of hydrogen-bond acceptors (Lipinski definition) is 2. The zero-order valence-electron chi connectivity index (χ0n) is 8.53. The fourth-order valence-corrected chi connectivity index (χ4v) is 1.39. The van der Waals surface area contributed by atoms with Crippen molar-refractivity contribution in [3.05, 3.63) is 35.6 Å². The van der Waals surface area contributed by atoms with Crippen LogP contribution in [-0.2, 0) is 0 Å². The van der Waals surface area contributed by atoms with Crippen molar-refractivity contribution in [1.82, 2.24) is 0 Å². The van der Waals surface area contributed by atoms with Crippen molar-refractivity contribution >= 4 is 5.78 Å². The van der Waals surface area contributed by atoms with E-state index in [1.54, 1.807) is 0 Å². The van der Waals surface area contributed by atoms with E-state index in [0.29, 0.717) is 6.42 Å². The lowest BCUT2D eigenvalue weighted by atomic mass is 9.95. The van der Waals surface area contributed by atoms with Crippen LogP contribution < -0.4 is 0 Å². The van der Waals surface area contributed by atoms with Gasteiger partial charge in [-0.1, -0.05) is 25.5 Å². The molecule has 0 fully saturated rings. The fourth-order valence-electron chi connectivity index (χ4n) is 1.39. The summed E-state index contributed by atoms with van der Waals surface area (Å²) in [7, 11) is 0. The molecule has 3 heteroatoms. The SMILES string of the molecule is CCCC(C#N)C(=O)c1cccc(F)c1. The molecule has 1 rings (SSSR count). The number of carbonyl (C=O) groups excluding carboxylic acids is 1. The van der Waals surface area contributed by atoms with E-state index in [1.165, 1.54) is 24.3 Å². The molecule has 0 aromatic heterocycles. The van der Waals surface area contributed by atoms with Gasteiger partial charge in [-0.25, -0.2) is 4.39 Å². The van der Waals surface area contributed by atoms with Crippen LogP contribution in [0.25, 0.3) is 0 Å². The molecule has 0 aliphatic heterocycles. The predicted molar refractivity (Wildman–Crippen MR) is 54.7 cm³/mol. The van der Waals surface area contributed by atoms with E-state index in [4.69, 9.17) is 5.26 Å². The number of nitriles is 1. The Morgan fingerprint density at radius 2 is 2.33 bits per heavy atom. The highest BCUT2D eigenvalue weighted by Gasteiger charge is 2.18. The highest BCUT2D eigenvalue weighted by Crippen LogP contribution is 2.14. The van der Waals surface area contributed by atoms with Gasteiger partial charge < -0.3 is 0 Å². The van der Waals surface area contributed by atoms with Crippen molar-refractivity contribution < 1.29 is 9.18 Å². The number of rotatable bonds is 4. The fraction of sp³-hybridized carbons (Fsp3) is 0.333. The number of nitrogens with zero attached hydrogens (tertiary/aromatic N) is 1. The van der Waals surface area contributed by atoms with Crippen LogP contribution >= 0.6 is 0 Å². The van der Waals surface area contributed by atoms with Crippen LogP contribution in [-0.4, -0.2) is 5.78 Å². The van der Waals surface area contributed by atoms with E-state index in [1.807, 2.05) is 13.0 Å². The van der Waals surface area contributed by atoms with Gasteiger partial charge in [-0.2, -0.15) is 5.26 Å². The molecular weight excluding hydrogens is 193 g/mol. The third-order valence-electron chi connectivity index (χ3n) is 2.16. The van der Waals surface area contributed by atoms with E-state index in [2.05, 4.69) is 0 Å². The molecule has 2 nitrogen and oxygen atoms in total. The van der Waals surface area contributed by atoms with Gasteiger partial charge in [-0.15, -0.1) is 0 Å². The summed E-state index contributed by atoms with van der Waals surface area (Å²) in [6.07, 6.45) is 1.28. The Morgan fingerprint density at radius 1 is 1.60 bits per heavy atom. The number of halogens is 1. The number of ketones is 1. The molecule has 1 atom stereocenters. The Balaban J connectivity index is 2.89. The van der Waals surface area contributed by atoms with Gasteiger partial charge in [0.15, 0.2) is 5.78 Å². The zero-order valence-corrected chi connectivity index (χ0v) is 8.53. The molecular formula is C12H12FNO. The lowest BCUT2D eigenvalue weighted by Crippen LogP contribution is -2.12. The van der Waals surface area contributed by atoms with E-state index < -0.39 is 11.7 Å². The maximum Gasteiger partial charge on any atom is 0.180 e. The summed E-state index contributed by atoms with van der Waals surface area (Å²) in [5.74, 6) is -1.40. The summed E-state index contributed by atoms with van der Waals surface area (Å²) >= 11 is 0. The Morgan fingerprint density at radius 3 is 2.87 bits per heavy atom.